The van der Waals surface area contributed by atoms with E-state index in [0.29, 0.717) is 28.2 Å². The number of nitrogen functional groups attached to an aromatic ring is 1. The van der Waals surface area contributed by atoms with E-state index in [1.807, 2.05) is 19.1 Å². The lowest BCUT2D eigenvalue weighted by molar-refractivity contribution is 0.490. The third-order valence-corrected chi connectivity index (χ3v) is 2.87. The van der Waals surface area contributed by atoms with Crippen molar-refractivity contribution in [1.82, 2.24) is 4.98 Å². The van der Waals surface area contributed by atoms with Crippen LogP contribution < -0.4 is 16.6 Å². The normalized spacial score (nSPS) is 10.4. The number of pyridine rings is 1. The topological polar surface area (TPSA) is 76.1 Å². The molecular formula is C11H12Cl2N4O. The second-order valence-corrected chi connectivity index (χ2v) is 4.47. The first-order valence-electron chi connectivity index (χ1n) is 5.22. The summed E-state index contributed by atoms with van der Waals surface area (Å²) < 4.78 is 5.43. The van der Waals surface area contributed by atoms with E-state index >= 15 is 0 Å². The van der Waals surface area contributed by atoms with Gasteiger partial charge < -0.3 is 15.2 Å². The van der Waals surface area contributed by atoms with Crippen LogP contribution in [0.3, 0.4) is 0 Å². The van der Waals surface area contributed by atoms with Crippen LogP contribution in [0.4, 0.5) is 11.6 Å². The third kappa shape index (κ3) is 2.87. The van der Waals surface area contributed by atoms with Crippen LogP contribution in [-0.2, 0) is 6.54 Å². The highest BCUT2D eigenvalue weighted by molar-refractivity contribution is 6.37. The minimum atomic E-state index is 0.360. The maximum Gasteiger partial charge on any atom is 0.161 e. The number of furan rings is 1. The Morgan fingerprint density at radius 1 is 1.28 bits per heavy atom. The molecule has 0 bridgehead atoms. The zero-order chi connectivity index (χ0) is 13.1. The van der Waals surface area contributed by atoms with E-state index < -0.39 is 0 Å². The third-order valence-electron chi connectivity index (χ3n) is 2.29. The second-order valence-electron chi connectivity index (χ2n) is 3.66. The van der Waals surface area contributed by atoms with E-state index in [1.54, 1.807) is 6.07 Å². The van der Waals surface area contributed by atoms with Gasteiger partial charge in [0.05, 0.1) is 16.6 Å². The molecule has 0 aliphatic carbocycles. The molecule has 0 aromatic carbocycles. The first-order valence-corrected chi connectivity index (χ1v) is 5.97. The first kappa shape index (κ1) is 13.0. The number of rotatable bonds is 4. The molecule has 0 spiro atoms. The largest absolute Gasteiger partial charge is 0.465 e. The Bertz CT molecular complexity index is 556. The highest BCUT2D eigenvalue weighted by Crippen LogP contribution is 2.28. The van der Waals surface area contributed by atoms with Gasteiger partial charge in [-0.15, -0.1) is 0 Å². The van der Waals surface area contributed by atoms with Gasteiger partial charge >= 0.3 is 0 Å². The maximum atomic E-state index is 6.02. The number of hydrazine groups is 1. The van der Waals surface area contributed by atoms with Gasteiger partial charge in [0.1, 0.15) is 17.3 Å². The van der Waals surface area contributed by atoms with Crippen molar-refractivity contribution in [2.24, 2.45) is 5.84 Å². The van der Waals surface area contributed by atoms with Crippen molar-refractivity contribution >= 4 is 34.8 Å². The molecule has 18 heavy (non-hydrogen) atoms. The van der Waals surface area contributed by atoms with Crippen LogP contribution in [0.5, 0.6) is 0 Å². The van der Waals surface area contributed by atoms with Gasteiger partial charge in [-0.3, -0.25) is 0 Å². The van der Waals surface area contributed by atoms with Crippen molar-refractivity contribution in [3.8, 4) is 0 Å². The van der Waals surface area contributed by atoms with E-state index in [0.717, 1.165) is 11.5 Å². The van der Waals surface area contributed by atoms with Gasteiger partial charge in [-0.05, 0) is 25.1 Å². The smallest absolute Gasteiger partial charge is 0.161 e. The quantitative estimate of drug-likeness (QED) is 0.594. The number of hydrogen-bond donors (Lipinski definition) is 3. The maximum absolute atomic E-state index is 6.02. The minimum Gasteiger partial charge on any atom is -0.465 e. The zero-order valence-electron chi connectivity index (χ0n) is 9.63. The summed E-state index contributed by atoms with van der Waals surface area (Å²) in [6, 6.07) is 5.34. The highest BCUT2D eigenvalue weighted by Gasteiger charge is 2.09. The van der Waals surface area contributed by atoms with Crippen LogP contribution in [0, 0.1) is 6.92 Å². The summed E-state index contributed by atoms with van der Waals surface area (Å²) in [5.41, 5.74) is 2.40. The molecular weight excluding hydrogens is 275 g/mol. The van der Waals surface area contributed by atoms with Gasteiger partial charge in [-0.1, -0.05) is 23.2 Å². The summed E-state index contributed by atoms with van der Waals surface area (Å²) in [5, 5.41) is 3.84. The molecule has 2 rings (SSSR count). The Hall–Kier alpha value is -1.43. The molecule has 0 aliphatic rings. The Morgan fingerprint density at radius 2 is 2.00 bits per heavy atom. The Balaban J connectivity index is 2.13. The predicted octanol–water partition coefficient (Wildman–Crippen LogP) is 3.19. The molecule has 7 heteroatoms. The Kier molecular flexibility index (Phi) is 3.96. The lowest BCUT2D eigenvalue weighted by Gasteiger charge is -2.09. The van der Waals surface area contributed by atoms with Crippen LogP contribution in [0.15, 0.2) is 22.6 Å². The average Bonchev–Trinajstić information content (AvgIpc) is 2.74. The standard InChI is InChI=1S/C11H12Cl2N4O/c1-6-2-3-7(18-6)5-15-10-8(12)4-9(13)11(16-10)17-14/h2-4H,5,14H2,1H3,(H2,15,16,17). The van der Waals surface area contributed by atoms with Crippen molar-refractivity contribution in [2.75, 3.05) is 10.7 Å². The molecule has 2 aromatic rings. The SMILES string of the molecule is Cc1ccc(CNc2nc(NN)c(Cl)cc2Cl)o1. The van der Waals surface area contributed by atoms with Crippen LogP contribution in [-0.4, -0.2) is 4.98 Å². The Morgan fingerprint density at radius 3 is 2.61 bits per heavy atom. The average molecular weight is 287 g/mol. The monoisotopic (exact) mass is 286 g/mol. The molecule has 96 valence electrons. The molecule has 0 amide bonds. The van der Waals surface area contributed by atoms with Crippen molar-refractivity contribution < 1.29 is 4.42 Å². The summed E-state index contributed by atoms with van der Waals surface area (Å²) >= 11 is 11.9. The van der Waals surface area contributed by atoms with Gasteiger partial charge in [0.15, 0.2) is 5.82 Å². The number of nitrogens with zero attached hydrogens (tertiary/aromatic N) is 1. The summed E-state index contributed by atoms with van der Waals surface area (Å²) in [4.78, 5) is 4.16. The molecule has 0 atom stereocenters. The van der Waals surface area contributed by atoms with E-state index in [4.69, 9.17) is 33.5 Å². The molecule has 2 aromatic heterocycles. The number of nitrogens with one attached hydrogen (secondary N) is 2. The second kappa shape index (κ2) is 5.48. The summed E-state index contributed by atoms with van der Waals surface area (Å²) in [6.45, 7) is 2.36. The molecule has 0 saturated carbocycles. The van der Waals surface area contributed by atoms with Gasteiger partial charge in [-0.2, -0.15) is 0 Å². The van der Waals surface area contributed by atoms with E-state index in [9.17, 15) is 0 Å². The van der Waals surface area contributed by atoms with E-state index in [2.05, 4.69) is 15.7 Å². The molecule has 4 N–H and O–H groups in total. The number of hydrogen-bond acceptors (Lipinski definition) is 5. The lowest BCUT2D eigenvalue weighted by atomic mass is 10.4. The van der Waals surface area contributed by atoms with Crippen LogP contribution in [0.1, 0.15) is 11.5 Å². The predicted molar refractivity (Wildman–Crippen MR) is 72.8 cm³/mol. The molecule has 5 nitrogen and oxygen atoms in total. The fourth-order valence-electron chi connectivity index (χ4n) is 1.44. The summed E-state index contributed by atoms with van der Waals surface area (Å²) in [5.74, 6) is 7.79. The van der Waals surface area contributed by atoms with E-state index in [1.165, 1.54) is 0 Å². The van der Waals surface area contributed by atoms with Gasteiger partial charge in [0.25, 0.3) is 0 Å². The number of nitrogens with two attached hydrogens (primary N) is 1. The summed E-state index contributed by atoms with van der Waals surface area (Å²) in [7, 11) is 0. The van der Waals surface area contributed by atoms with Gasteiger partial charge in [-0.25, -0.2) is 10.8 Å². The number of halogens is 2. The number of aryl methyl sites for hydroxylation is 1. The number of anilines is 2. The molecule has 2 heterocycles. The fraction of sp³-hybridized carbons (Fsp3) is 0.182. The van der Waals surface area contributed by atoms with Gasteiger partial charge in [0, 0.05) is 0 Å². The van der Waals surface area contributed by atoms with Crippen LogP contribution in [0.25, 0.3) is 0 Å². The van der Waals surface area contributed by atoms with Crippen LogP contribution >= 0.6 is 23.2 Å². The fourth-order valence-corrected chi connectivity index (χ4v) is 1.92. The number of aromatic nitrogens is 1. The first-order chi connectivity index (χ1) is 8.60. The zero-order valence-corrected chi connectivity index (χ0v) is 11.1. The Labute approximate surface area is 114 Å². The lowest BCUT2D eigenvalue weighted by Crippen LogP contribution is -2.11. The van der Waals surface area contributed by atoms with Crippen molar-refractivity contribution in [2.45, 2.75) is 13.5 Å². The molecule has 0 aliphatic heterocycles. The van der Waals surface area contributed by atoms with Gasteiger partial charge in [0.2, 0.25) is 0 Å². The van der Waals surface area contributed by atoms with E-state index in [-0.39, 0.29) is 0 Å². The van der Waals surface area contributed by atoms with Crippen molar-refractivity contribution in [1.29, 1.82) is 0 Å². The van der Waals surface area contributed by atoms with Crippen molar-refractivity contribution in [3.05, 3.63) is 39.8 Å². The molecule has 0 saturated heterocycles. The van der Waals surface area contributed by atoms with Crippen molar-refractivity contribution in [3.63, 3.8) is 0 Å². The molecule has 0 unspecified atom stereocenters. The summed E-state index contributed by atoms with van der Waals surface area (Å²) in [6.07, 6.45) is 0. The molecule has 0 radical (unpaired) electrons. The minimum absolute atomic E-state index is 0.360. The highest BCUT2D eigenvalue weighted by atomic mass is 35.5. The van der Waals surface area contributed by atoms with Crippen LogP contribution in [0.2, 0.25) is 10.0 Å². The molecule has 0 fully saturated rings.